The highest BCUT2D eigenvalue weighted by Crippen LogP contribution is 2.40. The van der Waals surface area contributed by atoms with Crippen LogP contribution in [0.25, 0.3) is 0 Å². The number of nitrogens with zero attached hydrogens (tertiary/aromatic N) is 2. The van der Waals surface area contributed by atoms with Gasteiger partial charge in [-0.15, -0.1) is 0 Å². The van der Waals surface area contributed by atoms with Crippen LogP contribution < -0.4 is 10.1 Å². The third-order valence-electron chi connectivity index (χ3n) is 5.75. The maximum absolute atomic E-state index is 12.5. The Morgan fingerprint density at radius 2 is 2.00 bits per heavy atom. The number of hydrogen-bond donors (Lipinski definition) is 1. The molecule has 1 aromatic rings. The molecule has 0 aromatic heterocycles. The summed E-state index contributed by atoms with van der Waals surface area (Å²) in [5, 5.41) is 3.01. The summed E-state index contributed by atoms with van der Waals surface area (Å²) in [6.07, 6.45) is 4.01. The number of urea groups is 1. The molecule has 1 aromatic carbocycles. The molecule has 0 bridgehead atoms. The molecular weight excluding hydrogens is 290 g/mol. The minimum absolute atomic E-state index is 0.0342. The van der Waals surface area contributed by atoms with Gasteiger partial charge in [-0.25, -0.2) is 4.79 Å². The van der Waals surface area contributed by atoms with Crippen molar-refractivity contribution >= 4 is 11.7 Å². The van der Waals surface area contributed by atoms with Gasteiger partial charge in [0, 0.05) is 31.4 Å². The predicted molar refractivity (Wildman–Crippen MR) is 89.8 cm³/mol. The standard InChI is InChI=1S/C18H25N3O2/c1-23-15-7-5-14(6-8-15)19-18(22)21-11-13-10-20-9-3-2-4-17(20)16(13)12-21/h5-8,13,16-17H,2-4,9-12H2,1H3,(H,19,22). The molecule has 0 saturated carbocycles. The van der Waals surface area contributed by atoms with Crippen LogP contribution in [0.5, 0.6) is 5.75 Å². The first kappa shape index (κ1) is 14.8. The Bertz CT molecular complexity index is 574. The largest absolute Gasteiger partial charge is 0.497 e. The normalized spacial score (nSPS) is 30.0. The third kappa shape index (κ3) is 2.78. The second kappa shape index (κ2) is 6.04. The summed E-state index contributed by atoms with van der Waals surface area (Å²) in [6.45, 7) is 4.25. The van der Waals surface area contributed by atoms with Crippen molar-refractivity contribution in [1.82, 2.24) is 9.80 Å². The average molecular weight is 315 g/mol. The predicted octanol–water partition coefficient (Wildman–Crippen LogP) is 2.64. The highest BCUT2D eigenvalue weighted by molar-refractivity contribution is 5.89. The zero-order valence-corrected chi connectivity index (χ0v) is 13.7. The van der Waals surface area contributed by atoms with Gasteiger partial charge in [0.1, 0.15) is 5.75 Å². The smallest absolute Gasteiger partial charge is 0.321 e. The molecule has 1 N–H and O–H groups in total. The van der Waals surface area contributed by atoms with Crippen molar-refractivity contribution in [3.8, 4) is 5.75 Å². The van der Waals surface area contributed by atoms with Crippen molar-refractivity contribution in [2.45, 2.75) is 25.3 Å². The van der Waals surface area contributed by atoms with Gasteiger partial charge in [-0.05, 0) is 55.5 Å². The zero-order chi connectivity index (χ0) is 15.8. The fourth-order valence-electron chi connectivity index (χ4n) is 4.60. The number of rotatable bonds is 2. The number of hydrogen-bond acceptors (Lipinski definition) is 3. The molecule has 3 aliphatic heterocycles. The first-order valence-electron chi connectivity index (χ1n) is 8.68. The van der Waals surface area contributed by atoms with Gasteiger partial charge in [0.05, 0.1) is 7.11 Å². The van der Waals surface area contributed by atoms with Crippen LogP contribution in [0.2, 0.25) is 0 Å². The third-order valence-corrected chi connectivity index (χ3v) is 5.75. The van der Waals surface area contributed by atoms with Crippen molar-refractivity contribution in [2.75, 3.05) is 38.6 Å². The molecule has 124 valence electrons. The lowest BCUT2D eigenvalue weighted by molar-refractivity contribution is 0.157. The average Bonchev–Trinajstić information content (AvgIpc) is 3.13. The van der Waals surface area contributed by atoms with Crippen LogP contribution in [0.4, 0.5) is 10.5 Å². The lowest BCUT2D eigenvalue weighted by Gasteiger charge is -2.33. The number of methoxy groups -OCH3 is 1. The number of carbonyl (C=O) groups is 1. The molecular formula is C18H25N3O2. The molecule has 0 radical (unpaired) electrons. The molecule has 3 unspecified atom stereocenters. The molecule has 0 spiro atoms. The van der Waals surface area contributed by atoms with Crippen LogP contribution in [0.1, 0.15) is 19.3 Å². The molecule has 3 fully saturated rings. The minimum atomic E-state index is 0.0342. The molecule has 2 amide bonds. The van der Waals surface area contributed by atoms with Gasteiger partial charge in [0.15, 0.2) is 0 Å². The molecule has 3 heterocycles. The fourth-order valence-corrected chi connectivity index (χ4v) is 4.60. The summed E-state index contributed by atoms with van der Waals surface area (Å²) >= 11 is 0. The number of ether oxygens (including phenoxy) is 1. The number of benzene rings is 1. The van der Waals surface area contributed by atoms with E-state index in [2.05, 4.69) is 10.2 Å². The Labute approximate surface area is 137 Å². The van der Waals surface area contributed by atoms with Crippen molar-refractivity contribution in [3.63, 3.8) is 0 Å². The van der Waals surface area contributed by atoms with Gasteiger partial charge < -0.3 is 15.0 Å². The molecule has 4 rings (SSSR count). The quantitative estimate of drug-likeness (QED) is 0.912. The van der Waals surface area contributed by atoms with E-state index in [1.807, 2.05) is 29.2 Å². The van der Waals surface area contributed by atoms with E-state index in [9.17, 15) is 4.79 Å². The highest BCUT2D eigenvalue weighted by atomic mass is 16.5. The molecule has 3 aliphatic rings. The number of likely N-dealkylation sites (tertiary alicyclic amines) is 1. The van der Waals surface area contributed by atoms with E-state index in [0.717, 1.165) is 24.5 Å². The van der Waals surface area contributed by atoms with E-state index < -0.39 is 0 Å². The summed E-state index contributed by atoms with van der Waals surface area (Å²) in [7, 11) is 1.64. The van der Waals surface area contributed by atoms with E-state index >= 15 is 0 Å². The molecule has 3 saturated heterocycles. The van der Waals surface area contributed by atoms with Crippen LogP contribution in [0, 0.1) is 11.8 Å². The minimum Gasteiger partial charge on any atom is -0.497 e. The second-order valence-electron chi connectivity index (χ2n) is 7.05. The summed E-state index contributed by atoms with van der Waals surface area (Å²) in [4.78, 5) is 17.2. The van der Waals surface area contributed by atoms with Crippen LogP contribution in [0.3, 0.4) is 0 Å². The first-order valence-corrected chi connectivity index (χ1v) is 8.68. The Hall–Kier alpha value is -1.75. The Morgan fingerprint density at radius 3 is 2.78 bits per heavy atom. The molecule has 23 heavy (non-hydrogen) atoms. The second-order valence-corrected chi connectivity index (χ2v) is 7.05. The number of amides is 2. The van der Waals surface area contributed by atoms with Gasteiger partial charge in [0.25, 0.3) is 0 Å². The van der Waals surface area contributed by atoms with Crippen LogP contribution in [0.15, 0.2) is 24.3 Å². The number of carbonyl (C=O) groups excluding carboxylic acids is 1. The number of anilines is 1. The van der Waals surface area contributed by atoms with E-state index in [1.165, 1.54) is 32.4 Å². The SMILES string of the molecule is COc1ccc(NC(=O)N2CC3CN4CCCCC4C3C2)cc1. The number of piperidine rings is 1. The molecule has 0 aliphatic carbocycles. The van der Waals surface area contributed by atoms with E-state index in [1.54, 1.807) is 7.11 Å². The van der Waals surface area contributed by atoms with Gasteiger partial charge in [-0.1, -0.05) is 6.42 Å². The maximum Gasteiger partial charge on any atom is 0.321 e. The van der Waals surface area contributed by atoms with Crippen molar-refractivity contribution in [1.29, 1.82) is 0 Å². The number of nitrogens with one attached hydrogen (secondary N) is 1. The van der Waals surface area contributed by atoms with Crippen molar-refractivity contribution < 1.29 is 9.53 Å². The van der Waals surface area contributed by atoms with Gasteiger partial charge in [-0.2, -0.15) is 0 Å². The van der Waals surface area contributed by atoms with Crippen molar-refractivity contribution in [2.24, 2.45) is 11.8 Å². The maximum atomic E-state index is 12.5. The molecule has 5 heteroatoms. The van der Waals surface area contributed by atoms with Gasteiger partial charge >= 0.3 is 6.03 Å². The molecule has 3 atom stereocenters. The Balaban J connectivity index is 1.37. The van der Waals surface area contributed by atoms with Crippen LogP contribution in [-0.4, -0.2) is 55.2 Å². The van der Waals surface area contributed by atoms with E-state index in [4.69, 9.17) is 4.74 Å². The fraction of sp³-hybridized carbons (Fsp3) is 0.611. The summed E-state index contributed by atoms with van der Waals surface area (Å²) < 4.78 is 5.15. The van der Waals surface area contributed by atoms with Crippen molar-refractivity contribution in [3.05, 3.63) is 24.3 Å². The lowest BCUT2D eigenvalue weighted by atomic mass is 9.90. The van der Waals surface area contributed by atoms with Gasteiger partial charge in [0.2, 0.25) is 0 Å². The lowest BCUT2D eigenvalue weighted by Crippen LogP contribution is -2.41. The zero-order valence-electron chi connectivity index (χ0n) is 13.7. The topological polar surface area (TPSA) is 44.8 Å². The van der Waals surface area contributed by atoms with E-state index in [0.29, 0.717) is 17.9 Å². The molecule has 5 nitrogen and oxygen atoms in total. The van der Waals surface area contributed by atoms with Gasteiger partial charge in [-0.3, -0.25) is 4.90 Å². The monoisotopic (exact) mass is 315 g/mol. The number of fused-ring (bicyclic) bond motifs is 3. The summed E-state index contributed by atoms with van der Waals surface area (Å²) in [5.41, 5.74) is 0.826. The Kier molecular flexibility index (Phi) is 3.89. The first-order chi connectivity index (χ1) is 11.2. The summed E-state index contributed by atoms with van der Waals surface area (Å²) in [5.74, 6) is 2.15. The highest BCUT2D eigenvalue weighted by Gasteiger charge is 2.48. The Morgan fingerprint density at radius 1 is 1.17 bits per heavy atom. The van der Waals surface area contributed by atoms with E-state index in [-0.39, 0.29) is 6.03 Å². The summed E-state index contributed by atoms with van der Waals surface area (Å²) in [6, 6.07) is 8.26. The van der Waals surface area contributed by atoms with Crippen LogP contribution >= 0.6 is 0 Å². The van der Waals surface area contributed by atoms with Crippen LogP contribution in [-0.2, 0) is 0 Å².